The van der Waals surface area contributed by atoms with E-state index < -0.39 is 0 Å². The van der Waals surface area contributed by atoms with Crippen LogP contribution in [0.3, 0.4) is 0 Å². The van der Waals surface area contributed by atoms with Crippen LogP contribution in [-0.4, -0.2) is 54.6 Å². The lowest BCUT2D eigenvalue weighted by atomic mass is 9.96. The maximum atomic E-state index is 5.05. The molecule has 4 aromatic heterocycles. The fourth-order valence-corrected chi connectivity index (χ4v) is 3.90. The van der Waals surface area contributed by atoms with Crippen LogP contribution in [-0.2, 0) is 0 Å². The summed E-state index contributed by atoms with van der Waals surface area (Å²) in [5.41, 5.74) is 5.63. The highest BCUT2D eigenvalue weighted by atomic mass is 15.3. The highest BCUT2D eigenvalue weighted by molar-refractivity contribution is 5.77. The first-order valence-corrected chi connectivity index (χ1v) is 9.69. The quantitative estimate of drug-likeness (QED) is 0.596. The summed E-state index contributed by atoms with van der Waals surface area (Å²) in [6.07, 6.45) is 5.78. The maximum absolute atomic E-state index is 5.05. The predicted octanol–water partition coefficient (Wildman–Crippen LogP) is 3.30. The van der Waals surface area contributed by atoms with Crippen molar-refractivity contribution in [1.82, 2.24) is 34.4 Å². The molecule has 5 rings (SSSR count). The van der Waals surface area contributed by atoms with Gasteiger partial charge in [0.2, 0.25) is 0 Å². The number of nitrogens with one attached hydrogen (secondary N) is 1. The lowest BCUT2D eigenvalue weighted by molar-refractivity contribution is 0.251. The van der Waals surface area contributed by atoms with Crippen molar-refractivity contribution in [3.8, 4) is 22.6 Å². The highest BCUT2D eigenvalue weighted by Crippen LogP contribution is 2.34. The normalized spacial score (nSPS) is 16.1. The Balaban J connectivity index is 1.63. The summed E-state index contributed by atoms with van der Waals surface area (Å²) in [7, 11) is 2.18. The van der Waals surface area contributed by atoms with E-state index in [2.05, 4.69) is 33.1 Å². The molecule has 0 saturated carbocycles. The number of nitrogens with zero attached hydrogens (tertiary/aromatic N) is 6. The number of fused-ring (bicyclic) bond motifs is 1. The van der Waals surface area contributed by atoms with E-state index in [1.807, 2.05) is 37.4 Å². The van der Waals surface area contributed by atoms with E-state index in [1.165, 1.54) is 0 Å². The van der Waals surface area contributed by atoms with Crippen molar-refractivity contribution in [2.75, 3.05) is 20.1 Å². The number of piperidine rings is 1. The van der Waals surface area contributed by atoms with Gasteiger partial charge >= 0.3 is 0 Å². The second-order valence-electron chi connectivity index (χ2n) is 7.57. The minimum absolute atomic E-state index is 0.448. The third-order valence-corrected chi connectivity index (χ3v) is 5.52. The molecule has 0 unspecified atom stereocenters. The topological polar surface area (TPSA) is 75.0 Å². The lowest BCUT2D eigenvalue weighted by Crippen LogP contribution is -2.29. The van der Waals surface area contributed by atoms with E-state index in [-0.39, 0.29) is 0 Å². The van der Waals surface area contributed by atoms with Crippen LogP contribution in [0.4, 0.5) is 0 Å². The molecule has 142 valence electrons. The average Bonchev–Trinajstić information content (AvgIpc) is 3.35. The first kappa shape index (κ1) is 17.1. The molecule has 28 heavy (non-hydrogen) atoms. The summed E-state index contributed by atoms with van der Waals surface area (Å²) in [5.74, 6) is 1.50. The van der Waals surface area contributed by atoms with Gasteiger partial charge in [0.25, 0.3) is 0 Å². The Bertz CT molecular complexity index is 1120. The molecule has 0 atom stereocenters. The van der Waals surface area contributed by atoms with Gasteiger partial charge in [0, 0.05) is 23.4 Å². The third-order valence-electron chi connectivity index (χ3n) is 5.52. The lowest BCUT2D eigenvalue weighted by Gasteiger charge is -2.27. The van der Waals surface area contributed by atoms with Gasteiger partial charge in [-0.05, 0) is 64.2 Å². The number of H-pyrrole nitrogens is 1. The Labute approximate surface area is 163 Å². The van der Waals surface area contributed by atoms with Crippen LogP contribution in [0, 0.1) is 6.92 Å². The average molecular weight is 373 g/mol. The zero-order chi connectivity index (χ0) is 19.1. The number of rotatable bonds is 3. The molecule has 7 heteroatoms. The monoisotopic (exact) mass is 373 g/mol. The van der Waals surface area contributed by atoms with Crippen molar-refractivity contribution >= 4 is 5.65 Å². The summed E-state index contributed by atoms with van der Waals surface area (Å²) < 4.78 is 1.78. The molecular weight excluding hydrogens is 350 g/mol. The minimum atomic E-state index is 0.448. The Morgan fingerprint density at radius 3 is 2.75 bits per heavy atom. The largest absolute Gasteiger partial charge is 0.340 e. The van der Waals surface area contributed by atoms with Crippen LogP contribution in [0.25, 0.3) is 28.3 Å². The molecule has 1 N–H and O–H groups in total. The Morgan fingerprint density at radius 1 is 1.07 bits per heavy atom. The van der Waals surface area contributed by atoms with Crippen molar-refractivity contribution < 1.29 is 0 Å². The summed E-state index contributed by atoms with van der Waals surface area (Å²) in [6, 6.07) is 10.1. The standard InChI is InChI=1S/C21H23N7/c1-14-4-3-5-17(24-14)20-19(16-6-7-18-22-13-23-28(18)12-16)25-21(26-20)15-8-10-27(2)11-9-15/h3-7,12-13,15H,8-11H2,1-2H3,(H,25,26). The molecule has 0 radical (unpaired) electrons. The van der Waals surface area contributed by atoms with E-state index in [9.17, 15) is 0 Å². The van der Waals surface area contributed by atoms with E-state index in [4.69, 9.17) is 9.97 Å². The number of likely N-dealkylation sites (tertiary alicyclic amines) is 1. The number of hydrogen-bond acceptors (Lipinski definition) is 5. The Hall–Kier alpha value is -3.06. The van der Waals surface area contributed by atoms with Crippen LogP contribution >= 0.6 is 0 Å². The zero-order valence-electron chi connectivity index (χ0n) is 16.1. The zero-order valence-corrected chi connectivity index (χ0v) is 16.1. The van der Waals surface area contributed by atoms with E-state index in [1.54, 1.807) is 10.8 Å². The number of aromatic nitrogens is 6. The van der Waals surface area contributed by atoms with Gasteiger partial charge in [-0.1, -0.05) is 6.07 Å². The van der Waals surface area contributed by atoms with Crippen LogP contribution in [0.15, 0.2) is 42.9 Å². The molecule has 5 heterocycles. The predicted molar refractivity (Wildman–Crippen MR) is 108 cm³/mol. The van der Waals surface area contributed by atoms with Gasteiger partial charge < -0.3 is 9.88 Å². The molecule has 7 nitrogen and oxygen atoms in total. The number of imidazole rings is 1. The van der Waals surface area contributed by atoms with Crippen molar-refractivity contribution in [1.29, 1.82) is 0 Å². The number of aromatic amines is 1. The second-order valence-corrected chi connectivity index (χ2v) is 7.57. The summed E-state index contributed by atoms with van der Waals surface area (Å²) >= 11 is 0. The molecule has 1 aliphatic heterocycles. The first-order valence-electron chi connectivity index (χ1n) is 9.69. The smallest absolute Gasteiger partial charge is 0.155 e. The van der Waals surface area contributed by atoms with Crippen molar-refractivity contribution in [2.24, 2.45) is 0 Å². The number of hydrogen-bond donors (Lipinski definition) is 1. The van der Waals surface area contributed by atoms with Crippen molar-refractivity contribution in [3.63, 3.8) is 0 Å². The van der Waals surface area contributed by atoms with Gasteiger partial charge in [-0.15, -0.1) is 0 Å². The van der Waals surface area contributed by atoms with Gasteiger partial charge in [-0.25, -0.2) is 14.5 Å². The molecule has 0 bridgehead atoms. The Kier molecular flexibility index (Phi) is 4.16. The molecular formula is C21H23N7. The molecule has 1 saturated heterocycles. The third kappa shape index (κ3) is 3.07. The van der Waals surface area contributed by atoms with E-state index in [0.717, 1.165) is 65.7 Å². The van der Waals surface area contributed by atoms with E-state index in [0.29, 0.717) is 5.92 Å². The van der Waals surface area contributed by atoms with Crippen molar-refractivity contribution in [3.05, 3.63) is 54.4 Å². The second kappa shape index (κ2) is 6.83. The summed E-state index contributed by atoms with van der Waals surface area (Å²) in [6.45, 7) is 4.21. The molecule has 1 fully saturated rings. The van der Waals surface area contributed by atoms with Gasteiger partial charge in [-0.3, -0.25) is 4.98 Å². The highest BCUT2D eigenvalue weighted by Gasteiger charge is 2.24. The molecule has 0 aromatic carbocycles. The maximum Gasteiger partial charge on any atom is 0.155 e. The van der Waals surface area contributed by atoms with Crippen LogP contribution in [0.2, 0.25) is 0 Å². The van der Waals surface area contributed by atoms with Crippen LogP contribution in [0.1, 0.15) is 30.3 Å². The first-order chi connectivity index (χ1) is 13.7. The molecule has 0 amide bonds. The van der Waals surface area contributed by atoms with Gasteiger partial charge in [-0.2, -0.15) is 5.10 Å². The summed E-state index contributed by atoms with van der Waals surface area (Å²) in [5, 5.41) is 4.27. The van der Waals surface area contributed by atoms with Crippen molar-refractivity contribution in [2.45, 2.75) is 25.7 Å². The molecule has 4 aromatic rings. The van der Waals surface area contributed by atoms with Gasteiger partial charge in [0.1, 0.15) is 12.2 Å². The SMILES string of the molecule is Cc1cccc(-c2[nH]c(C3CCN(C)CC3)nc2-c2ccc3ncnn3c2)n1. The molecule has 0 aliphatic carbocycles. The van der Waals surface area contributed by atoms with E-state index >= 15 is 0 Å². The summed E-state index contributed by atoms with van der Waals surface area (Å²) in [4.78, 5) is 20.0. The van der Waals surface area contributed by atoms with Crippen LogP contribution < -0.4 is 0 Å². The molecule has 0 spiro atoms. The number of pyridine rings is 2. The molecule has 1 aliphatic rings. The van der Waals surface area contributed by atoms with Gasteiger partial charge in [0.05, 0.1) is 17.1 Å². The number of aryl methyl sites for hydroxylation is 1. The van der Waals surface area contributed by atoms with Gasteiger partial charge in [0.15, 0.2) is 5.65 Å². The Morgan fingerprint density at radius 2 is 1.93 bits per heavy atom. The fourth-order valence-electron chi connectivity index (χ4n) is 3.90. The van der Waals surface area contributed by atoms with Crippen LogP contribution in [0.5, 0.6) is 0 Å². The fraction of sp³-hybridized carbons (Fsp3) is 0.333. The minimum Gasteiger partial charge on any atom is -0.340 e.